The Morgan fingerprint density at radius 3 is 2.80 bits per heavy atom. The van der Waals surface area contributed by atoms with E-state index in [0.717, 1.165) is 6.54 Å². The van der Waals surface area contributed by atoms with Crippen LogP contribution in [-0.4, -0.2) is 34.6 Å². The number of likely N-dealkylation sites (N-methyl/N-ethyl adjacent to an activating group) is 1. The Labute approximate surface area is 92.1 Å². The average molecular weight is 210 g/mol. The van der Waals surface area contributed by atoms with Crippen molar-refractivity contribution in [1.82, 2.24) is 14.5 Å². The van der Waals surface area contributed by atoms with Crippen molar-refractivity contribution in [3.8, 4) is 0 Å². The molecule has 0 fully saturated rings. The van der Waals surface area contributed by atoms with Gasteiger partial charge in [-0.2, -0.15) is 0 Å². The van der Waals surface area contributed by atoms with Crippen molar-refractivity contribution >= 4 is 0 Å². The highest BCUT2D eigenvalue weighted by atomic mass is 15.2. The summed E-state index contributed by atoms with van der Waals surface area (Å²) in [4.78, 5) is 6.44. The molecule has 0 radical (unpaired) electrons. The Bertz CT molecular complexity index is 282. The van der Waals surface area contributed by atoms with Gasteiger partial charge in [-0.15, -0.1) is 0 Å². The maximum absolute atomic E-state index is 5.82. The van der Waals surface area contributed by atoms with Crippen LogP contribution in [0.5, 0.6) is 0 Å². The van der Waals surface area contributed by atoms with Gasteiger partial charge >= 0.3 is 0 Å². The van der Waals surface area contributed by atoms with Crippen LogP contribution in [0.1, 0.15) is 31.5 Å². The molecule has 0 amide bonds. The second kappa shape index (κ2) is 5.88. The third-order valence-electron chi connectivity index (χ3n) is 2.82. The van der Waals surface area contributed by atoms with E-state index >= 15 is 0 Å². The van der Waals surface area contributed by atoms with Crippen molar-refractivity contribution in [2.45, 2.75) is 25.8 Å². The van der Waals surface area contributed by atoms with Gasteiger partial charge in [0.15, 0.2) is 0 Å². The summed E-state index contributed by atoms with van der Waals surface area (Å²) in [5, 5.41) is 0. The highest BCUT2D eigenvalue weighted by Crippen LogP contribution is 2.17. The zero-order chi connectivity index (χ0) is 11.3. The molecule has 1 aromatic rings. The van der Waals surface area contributed by atoms with Gasteiger partial charge in [0.1, 0.15) is 0 Å². The van der Waals surface area contributed by atoms with Crippen LogP contribution in [0.15, 0.2) is 12.5 Å². The van der Waals surface area contributed by atoms with E-state index in [4.69, 9.17) is 5.73 Å². The molecule has 1 unspecified atom stereocenters. The van der Waals surface area contributed by atoms with Crippen LogP contribution in [0, 0.1) is 0 Å². The van der Waals surface area contributed by atoms with Crippen LogP contribution in [0.2, 0.25) is 0 Å². The molecule has 0 aliphatic carbocycles. The zero-order valence-corrected chi connectivity index (χ0v) is 9.98. The first kappa shape index (κ1) is 12.2. The minimum Gasteiger partial charge on any atom is -0.336 e. The van der Waals surface area contributed by atoms with Crippen LogP contribution in [0.3, 0.4) is 0 Å². The number of aryl methyl sites for hydroxylation is 1. The Balaban J connectivity index is 2.67. The van der Waals surface area contributed by atoms with Gasteiger partial charge in [-0.25, -0.2) is 4.98 Å². The normalized spacial score (nSPS) is 13.4. The summed E-state index contributed by atoms with van der Waals surface area (Å²) >= 11 is 0. The fourth-order valence-electron chi connectivity index (χ4n) is 1.78. The topological polar surface area (TPSA) is 47.1 Å². The maximum atomic E-state index is 5.82. The predicted molar refractivity (Wildman–Crippen MR) is 62.5 cm³/mol. The SMILES string of the molecule is CCCCN(C)C(CN)c1cncn1C. The molecule has 0 aliphatic heterocycles. The van der Waals surface area contributed by atoms with Crippen molar-refractivity contribution in [3.05, 3.63) is 18.2 Å². The van der Waals surface area contributed by atoms with Crippen LogP contribution in [0.4, 0.5) is 0 Å². The van der Waals surface area contributed by atoms with Crippen LogP contribution < -0.4 is 5.73 Å². The van der Waals surface area contributed by atoms with Gasteiger partial charge < -0.3 is 10.3 Å². The molecule has 1 aromatic heterocycles. The Hall–Kier alpha value is -0.870. The van der Waals surface area contributed by atoms with Crippen LogP contribution >= 0.6 is 0 Å². The second-order valence-corrected chi connectivity index (χ2v) is 4.02. The molecule has 1 rings (SSSR count). The van der Waals surface area contributed by atoms with Crippen molar-refractivity contribution in [2.75, 3.05) is 20.1 Å². The highest BCUT2D eigenvalue weighted by Gasteiger charge is 2.17. The average Bonchev–Trinajstić information content (AvgIpc) is 2.63. The Kier molecular flexibility index (Phi) is 4.78. The first-order valence-corrected chi connectivity index (χ1v) is 5.57. The summed E-state index contributed by atoms with van der Waals surface area (Å²) < 4.78 is 2.04. The molecule has 0 aliphatic rings. The van der Waals surface area contributed by atoms with Crippen molar-refractivity contribution in [2.24, 2.45) is 12.8 Å². The molecular weight excluding hydrogens is 188 g/mol. The molecule has 15 heavy (non-hydrogen) atoms. The van der Waals surface area contributed by atoms with Crippen molar-refractivity contribution in [1.29, 1.82) is 0 Å². The van der Waals surface area contributed by atoms with E-state index in [1.807, 2.05) is 24.1 Å². The summed E-state index contributed by atoms with van der Waals surface area (Å²) in [5.41, 5.74) is 7.01. The lowest BCUT2D eigenvalue weighted by atomic mass is 10.2. The number of imidazole rings is 1. The van der Waals surface area contributed by atoms with Gasteiger partial charge in [0.05, 0.1) is 18.1 Å². The summed E-state index contributed by atoms with van der Waals surface area (Å²) in [6.07, 6.45) is 6.16. The van der Waals surface area contributed by atoms with Gasteiger partial charge in [-0.1, -0.05) is 13.3 Å². The minimum atomic E-state index is 0.282. The Morgan fingerprint density at radius 1 is 1.60 bits per heavy atom. The smallest absolute Gasteiger partial charge is 0.0946 e. The van der Waals surface area contributed by atoms with E-state index in [1.165, 1.54) is 18.5 Å². The molecular formula is C11H22N4. The molecule has 0 saturated carbocycles. The van der Waals surface area contributed by atoms with E-state index in [0.29, 0.717) is 6.54 Å². The minimum absolute atomic E-state index is 0.282. The fraction of sp³-hybridized carbons (Fsp3) is 0.727. The quantitative estimate of drug-likeness (QED) is 0.766. The lowest BCUT2D eigenvalue weighted by Crippen LogP contribution is -2.32. The first-order chi connectivity index (χ1) is 7.20. The van der Waals surface area contributed by atoms with E-state index in [9.17, 15) is 0 Å². The number of nitrogens with two attached hydrogens (primary N) is 1. The van der Waals surface area contributed by atoms with E-state index in [-0.39, 0.29) is 6.04 Å². The molecule has 1 heterocycles. The molecule has 0 spiro atoms. The molecule has 4 heteroatoms. The van der Waals surface area contributed by atoms with Gasteiger partial charge in [-0.3, -0.25) is 4.90 Å². The number of rotatable bonds is 6. The molecule has 0 aromatic carbocycles. The summed E-state index contributed by atoms with van der Waals surface area (Å²) in [7, 11) is 4.14. The highest BCUT2D eigenvalue weighted by molar-refractivity contribution is 5.05. The molecule has 2 N–H and O–H groups in total. The first-order valence-electron chi connectivity index (χ1n) is 5.57. The Morgan fingerprint density at radius 2 is 2.33 bits per heavy atom. The number of hydrogen-bond acceptors (Lipinski definition) is 3. The van der Waals surface area contributed by atoms with Gasteiger partial charge in [0.2, 0.25) is 0 Å². The largest absolute Gasteiger partial charge is 0.336 e. The van der Waals surface area contributed by atoms with Crippen LogP contribution in [0.25, 0.3) is 0 Å². The maximum Gasteiger partial charge on any atom is 0.0946 e. The van der Waals surface area contributed by atoms with E-state index in [1.54, 1.807) is 0 Å². The third-order valence-corrected chi connectivity index (χ3v) is 2.82. The third kappa shape index (κ3) is 3.04. The molecule has 0 bridgehead atoms. The van der Waals surface area contributed by atoms with Crippen molar-refractivity contribution < 1.29 is 0 Å². The van der Waals surface area contributed by atoms with E-state index < -0.39 is 0 Å². The molecule has 0 saturated heterocycles. The number of unbranched alkanes of at least 4 members (excludes halogenated alkanes) is 1. The monoisotopic (exact) mass is 210 g/mol. The predicted octanol–water partition coefficient (Wildman–Crippen LogP) is 1.15. The fourth-order valence-corrected chi connectivity index (χ4v) is 1.78. The number of aromatic nitrogens is 2. The molecule has 1 atom stereocenters. The van der Waals surface area contributed by atoms with E-state index in [2.05, 4.69) is 23.9 Å². The van der Waals surface area contributed by atoms with Gasteiger partial charge in [-0.05, 0) is 20.0 Å². The lowest BCUT2D eigenvalue weighted by Gasteiger charge is -2.26. The number of hydrogen-bond donors (Lipinski definition) is 1. The standard InChI is InChI=1S/C11H22N4/c1-4-5-6-14(2)10(7-12)11-8-13-9-15(11)3/h8-10H,4-7,12H2,1-3H3. The summed E-state index contributed by atoms with van der Waals surface area (Å²) in [6.45, 7) is 3.93. The zero-order valence-electron chi connectivity index (χ0n) is 9.98. The summed E-state index contributed by atoms with van der Waals surface area (Å²) in [5.74, 6) is 0. The molecule has 86 valence electrons. The summed E-state index contributed by atoms with van der Waals surface area (Å²) in [6, 6.07) is 0.282. The van der Waals surface area contributed by atoms with Crippen LogP contribution in [-0.2, 0) is 7.05 Å². The second-order valence-electron chi connectivity index (χ2n) is 4.02. The van der Waals surface area contributed by atoms with Gasteiger partial charge in [0.25, 0.3) is 0 Å². The number of nitrogens with zero attached hydrogens (tertiary/aromatic N) is 3. The van der Waals surface area contributed by atoms with Gasteiger partial charge in [0, 0.05) is 19.8 Å². The van der Waals surface area contributed by atoms with Crippen molar-refractivity contribution in [3.63, 3.8) is 0 Å². The lowest BCUT2D eigenvalue weighted by molar-refractivity contribution is 0.238. The molecule has 4 nitrogen and oxygen atoms in total.